The highest BCUT2D eigenvalue weighted by molar-refractivity contribution is 6.03. The van der Waals surface area contributed by atoms with Gasteiger partial charge in [0.2, 0.25) is 0 Å². The predicted molar refractivity (Wildman–Crippen MR) is 130 cm³/mol. The van der Waals surface area contributed by atoms with Gasteiger partial charge in [0.1, 0.15) is 12.4 Å². The number of rotatable bonds is 6. The monoisotopic (exact) mass is 519 g/mol. The Morgan fingerprint density at radius 2 is 1.62 bits per heavy atom. The average Bonchev–Trinajstić information content (AvgIpc) is 2.92. The fourth-order valence-corrected chi connectivity index (χ4v) is 4.52. The molecule has 11 heteroatoms. The molecular formula is C26H28F3N3O5. The van der Waals surface area contributed by atoms with Crippen LogP contribution in [-0.2, 0) is 36.5 Å². The Kier molecular flexibility index (Phi) is 8.03. The van der Waals surface area contributed by atoms with Crippen molar-refractivity contribution in [3.8, 4) is 0 Å². The minimum Gasteiger partial charge on any atom is -0.466 e. The second-order valence-electron chi connectivity index (χ2n) is 8.66. The lowest BCUT2D eigenvalue weighted by Crippen LogP contribution is -2.46. The SMILES string of the molecule is COC(=O)C1=C(C(=O)OC)N(c2ccc(N3CCN(Cc4ccccc4)CC3)cc2C(F)(F)F)COC1. The summed E-state index contributed by atoms with van der Waals surface area (Å²) < 4.78 is 57.6. The third kappa shape index (κ3) is 5.89. The molecule has 0 radical (unpaired) electrons. The molecule has 0 saturated carbocycles. The molecule has 0 aromatic heterocycles. The van der Waals surface area contributed by atoms with Crippen molar-refractivity contribution in [2.75, 3.05) is 63.5 Å². The number of ether oxygens (including phenoxy) is 3. The van der Waals surface area contributed by atoms with Gasteiger partial charge in [-0.3, -0.25) is 4.90 Å². The Bertz CT molecular complexity index is 1160. The van der Waals surface area contributed by atoms with E-state index in [2.05, 4.69) is 4.90 Å². The zero-order valence-corrected chi connectivity index (χ0v) is 20.6. The van der Waals surface area contributed by atoms with Crippen molar-refractivity contribution in [1.82, 2.24) is 4.90 Å². The number of methoxy groups -OCH3 is 2. The molecule has 4 rings (SSSR count). The van der Waals surface area contributed by atoms with Gasteiger partial charge in [-0.25, -0.2) is 9.59 Å². The first-order valence-corrected chi connectivity index (χ1v) is 11.7. The minimum absolute atomic E-state index is 0.215. The quantitative estimate of drug-likeness (QED) is 0.538. The number of hydrogen-bond donors (Lipinski definition) is 0. The van der Waals surface area contributed by atoms with Gasteiger partial charge in [-0.15, -0.1) is 0 Å². The van der Waals surface area contributed by atoms with E-state index in [9.17, 15) is 22.8 Å². The number of alkyl halides is 3. The smallest absolute Gasteiger partial charge is 0.418 e. The van der Waals surface area contributed by atoms with Crippen LogP contribution in [0.25, 0.3) is 0 Å². The number of halogens is 3. The summed E-state index contributed by atoms with van der Waals surface area (Å²) in [6, 6.07) is 14.0. The molecule has 0 atom stereocenters. The number of anilines is 2. The number of nitrogens with zero attached hydrogens (tertiary/aromatic N) is 3. The fraction of sp³-hybridized carbons (Fsp3) is 0.385. The van der Waals surface area contributed by atoms with Crippen LogP contribution < -0.4 is 9.80 Å². The van der Waals surface area contributed by atoms with Crippen LogP contribution in [0.1, 0.15) is 11.1 Å². The van der Waals surface area contributed by atoms with Gasteiger partial charge in [0.25, 0.3) is 0 Å². The second kappa shape index (κ2) is 11.2. The van der Waals surface area contributed by atoms with Gasteiger partial charge in [-0.1, -0.05) is 30.3 Å². The van der Waals surface area contributed by atoms with E-state index in [1.807, 2.05) is 35.2 Å². The van der Waals surface area contributed by atoms with Crippen LogP contribution in [-0.4, -0.2) is 70.6 Å². The molecule has 2 aromatic rings. The van der Waals surface area contributed by atoms with Crippen LogP contribution in [0.15, 0.2) is 59.8 Å². The lowest BCUT2D eigenvalue weighted by atomic mass is 10.1. The van der Waals surface area contributed by atoms with E-state index >= 15 is 0 Å². The van der Waals surface area contributed by atoms with Crippen molar-refractivity contribution < 1.29 is 37.0 Å². The van der Waals surface area contributed by atoms with Crippen molar-refractivity contribution in [2.24, 2.45) is 0 Å². The van der Waals surface area contributed by atoms with Crippen LogP contribution in [0.4, 0.5) is 24.5 Å². The van der Waals surface area contributed by atoms with Crippen molar-refractivity contribution in [2.45, 2.75) is 12.7 Å². The number of esters is 2. The standard InChI is InChI=1S/C26H28F3N3O5/c1-35-24(33)20-16-37-17-32(23(20)25(34)36-2)22-9-8-19(14-21(22)26(27,28)29)31-12-10-30(11-13-31)15-18-6-4-3-5-7-18/h3-9,14H,10-13,15-17H2,1-2H3. The van der Waals surface area contributed by atoms with Gasteiger partial charge in [0.15, 0.2) is 0 Å². The number of carbonyl (C=O) groups is 2. The van der Waals surface area contributed by atoms with Crippen LogP contribution in [0.3, 0.4) is 0 Å². The van der Waals surface area contributed by atoms with E-state index in [4.69, 9.17) is 14.2 Å². The fourth-order valence-electron chi connectivity index (χ4n) is 4.52. The molecule has 0 spiro atoms. The Hall–Kier alpha value is -3.57. The van der Waals surface area contributed by atoms with Gasteiger partial charge in [-0.2, -0.15) is 13.2 Å². The molecule has 8 nitrogen and oxygen atoms in total. The van der Waals surface area contributed by atoms with Crippen LogP contribution in [0.2, 0.25) is 0 Å². The highest BCUT2D eigenvalue weighted by atomic mass is 19.4. The number of hydrogen-bond acceptors (Lipinski definition) is 8. The minimum atomic E-state index is -4.73. The maximum absolute atomic E-state index is 14.3. The lowest BCUT2D eigenvalue weighted by Gasteiger charge is -2.37. The summed E-state index contributed by atoms with van der Waals surface area (Å²) in [5.41, 5.74) is -0.219. The highest BCUT2D eigenvalue weighted by Crippen LogP contribution is 2.41. The Labute approximate surface area is 212 Å². The summed E-state index contributed by atoms with van der Waals surface area (Å²) >= 11 is 0. The van der Waals surface area contributed by atoms with Crippen LogP contribution >= 0.6 is 0 Å². The first kappa shape index (κ1) is 26.5. The molecule has 0 amide bonds. The van der Waals surface area contributed by atoms with E-state index in [-0.39, 0.29) is 30.3 Å². The van der Waals surface area contributed by atoms with Crippen LogP contribution in [0, 0.1) is 0 Å². The molecule has 2 aliphatic heterocycles. The lowest BCUT2D eigenvalue weighted by molar-refractivity contribution is -0.141. The second-order valence-corrected chi connectivity index (χ2v) is 8.66. The zero-order chi connectivity index (χ0) is 26.6. The topological polar surface area (TPSA) is 71.6 Å². The summed E-state index contributed by atoms with van der Waals surface area (Å²) in [6.07, 6.45) is -4.73. The number of benzene rings is 2. The summed E-state index contributed by atoms with van der Waals surface area (Å²) in [6.45, 7) is 2.66. The number of carbonyl (C=O) groups excluding carboxylic acids is 2. The highest BCUT2D eigenvalue weighted by Gasteiger charge is 2.40. The van der Waals surface area contributed by atoms with E-state index in [1.54, 1.807) is 6.07 Å². The van der Waals surface area contributed by atoms with Crippen molar-refractivity contribution in [1.29, 1.82) is 0 Å². The van der Waals surface area contributed by atoms with Crippen molar-refractivity contribution >= 4 is 23.3 Å². The van der Waals surface area contributed by atoms with Gasteiger partial charge in [0, 0.05) is 38.4 Å². The van der Waals surface area contributed by atoms with E-state index < -0.39 is 23.7 Å². The number of piperazine rings is 1. The Morgan fingerprint density at radius 3 is 2.24 bits per heavy atom. The van der Waals surface area contributed by atoms with E-state index in [1.165, 1.54) is 11.6 Å². The van der Waals surface area contributed by atoms with Crippen molar-refractivity contribution in [3.05, 3.63) is 70.9 Å². The molecule has 2 aliphatic rings. The third-order valence-electron chi connectivity index (χ3n) is 6.40. The van der Waals surface area contributed by atoms with Crippen LogP contribution in [0.5, 0.6) is 0 Å². The van der Waals surface area contributed by atoms with E-state index in [0.29, 0.717) is 31.9 Å². The molecule has 1 saturated heterocycles. The largest absolute Gasteiger partial charge is 0.466 e. The predicted octanol–water partition coefficient (Wildman–Crippen LogP) is 3.42. The molecule has 0 N–H and O–H groups in total. The molecule has 0 unspecified atom stereocenters. The molecule has 37 heavy (non-hydrogen) atoms. The molecular weight excluding hydrogens is 491 g/mol. The summed E-state index contributed by atoms with van der Waals surface area (Å²) in [5.74, 6) is -1.85. The Morgan fingerprint density at radius 1 is 0.946 bits per heavy atom. The first-order valence-electron chi connectivity index (χ1n) is 11.7. The van der Waals surface area contributed by atoms with E-state index in [0.717, 1.165) is 31.7 Å². The van der Waals surface area contributed by atoms with Gasteiger partial charge in [-0.05, 0) is 23.8 Å². The molecule has 0 bridgehead atoms. The molecule has 2 aromatic carbocycles. The Balaban J connectivity index is 1.61. The average molecular weight is 520 g/mol. The van der Waals surface area contributed by atoms with Gasteiger partial charge in [0.05, 0.1) is 37.7 Å². The molecule has 1 fully saturated rings. The molecule has 0 aliphatic carbocycles. The first-order chi connectivity index (χ1) is 17.7. The zero-order valence-electron chi connectivity index (χ0n) is 20.6. The summed E-state index contributed by atoms with van der Waals surface area (Å²) in [7, 11) is 2.20. The summed E-state index contributed by atoms with van der Waals surface area (Å²) in [5, 5.41) is 0. The normalized spacial score (nSPS) is 17.1. The maximum Gasteiger partial charge on any atom is 0.418 e. The molecule has 198 valence electrons. The summed E-state index contributed by atoms with van der Waals surface area (Å²) in [4.78, 5) is 29.9. The molecule has 2 heterocycles. The maximum atomic E-state index is 14.3. The third-order valence-corrected chi connectivity index (χ3v) is 6.40. The van der Waals surface area contributed by atoms with Gasteiger partial charge < -0.3 is 24.0 Å². The van der Waals surface area contributed by atoms with Crippen molar-refractivity contribution in [3.63, 3.8) is 0 Å². The van der Waals surface area contributed by atoms with Gasteiger partial charge >= 0.3 is 18.1 Å².